The highest BCUT2D eigenvalue weighted by molar-refractivity contribution is 6.02. The standard InChI is InChI=1S/C17H16N4O/c1-12-15(14-5-3-4-6-16(14)21(12)2)11-19-20-17(22)13-7-9-18-10-8-13/h3-11H,1-2H3,(H,20,22). The van der Waals surface area contributed by atoms with E-state index in [1.165, 1.54) is 0 Å². The van der Waals surface area contributed by atoms with E-state index in [9.17, 15) is 4.79 Å². The van der Waals surface area contributed by atoms with Gasteiger partial charge in [0, 0.05) is 47.2 Å². The number of aryl methyl sites for hydroxylation is 1. The minimum Gasteiger partial charge on any atom is -0.347 e. The lowest BCUT2D eigenvalue weighted by atomic mass is 10.1. The van der Waals surface area contributed by atoms with Crippen molar-refractivity contribution in [3.8, 4) is 0 Å². The zero-order valence-electron chi connectivity index (χ0n) is 12.4. The van der Waals surface area contributed by atoms with Crippen LogP contribution in [0.25, 0.3) is 10.9 Å². The van der Waals surface area contributed by atoms with Crippen molar-refractivity contribution in [3.05, 3.63) is 65.6 Å². The minimum absolute atomic E-state index is 0.253. The third-order valence-electron chi connectivity index (χ3n) is 3.75. The molecule has 0 atom stereocenters. The van der Waals surface area contributed by atoms with Gasteiger partial charge < -0.3 is 4.57 Å². The van der Waals surface area contributed by atoms with Crippen LogP contribution in [0.3, 0.4) is 0 Å². The van der Waals surface area contributed by atoms with Crippen LogP contribution in [0.15, 0.2) is 53.9 Å². The molecule has 0 aliphatic heterocycles. The molecule has 2 heterocycles. The van der Waals surface area contributed by atoms with E-state index < -0.39 is 0 Å². The SMILES string of the molecule is Cc1c(C=NNC(=O)c2ccncc2)c2ccccc2n1C. The Morgan fingerprint density at radius 1 is 1.23 bits per heavy atom. The minimum atomic E-state index is -0.253. The second-order valence-electron chi connectivity index (χ2n) is 5.01. The van der Waals surface area contributed by atoms with Crippen LogP contribution in [0.4, 0.5) is 0 Å². The van der Waals surface area contributed by atoms with Crippen LogP contribution in [0.1, 0.15) is 21.6 Å². The number of nitrogens with zero attached hydrogens (tertiary/aromatic N) is 3. The number of fused-ring (bicyclic) bond motifs is 1. The third-order valence-corrected chi connectivity index (χ3v) is 3.75. The highest BCUT2D eigenvalue weighted by Crippen LogP contribution is 2.22. The molecular weight excluding hydrogens is 276 g/mol. The van der Waals surface area contributed by atoms with Gasteiger partial charge in [-0.25, -0.2) is 5.43 Å². The van der Waals surface area contributed by atoms with Gasteiger partial charge in [-0.05, 0) is 25.1 Å². The highest BCUT2D eigenvalue weighted by Gasteiger charge is 2.09. The lowest BCUT2D eigenvalue weighted by Crippen LogP contribution is -2.17. The van der Waals surface area contributed by atoms with Gasteiger partial charge in [0.25, 0.3) is 5.91 Å². The van der Waals surface area contributed by atoms with Crippen molar-refractivity contribution in [1.29, 1.82) is 0 Å². The zero-order chi connectivity index (χ0) is 15.5. The molecule has 0 saturated heterocycles. The molecule has 3 rings (SSSR count). The van der Waals surface area contributed by atoms with Crippen molar-refractivity contribution in [2.75, 3.05) is 0 Å². The number of aromatic nitrogens is 2. The smallest absolute Gasteiger partial charge is 0.271 e. The van der Waals surface area contributed by atoms with Crippen molar-refractivity contribution in [1.82, 2.24) is 15.0 Å². The van der Waals surface area contributed by atoms with Crippen LogP contribution in [-0.2, 0) is 7.05 Å². The fraction of sp³-hybridized carbons (Fsp3) is 0.118. The number of carbonyl (C=O) groups is 1. The maximum atomic E-state index is 11.9. The fourth-order valence-electron chi connectivity index (χ4n) is 2.44. The van der Waals surface area contributed by atoms with Gasteiger partial charge in [0.05, 0.1) is 6.21 Å². The summed E-state index contributed by atoms with van der Waals surface area (Å²) < 4.78 is 2.11. The predicted octanol–water partition coefficient (Wildman–Crippen LogP) is 2.65. The third kappa shape index (κ3) is 2.48. The number of amides is 1. The number of nitrogens with one attached hydrogen (secondary N) is 1. The maximum absolute atomic E-state index is 11.9. The van der Waals surface area contributed by atoms with Gasteiger partial charge in [0.15, 0.2) is 0 Å². The monoisotopic (exact) mass is 292 g/mol. The van der Waals surface area contributed by atoms with Crippen molar-refractivity contribution >= 4 is 23.0 Å². The number of pyridine rings is 1. The summed E-state index contributed by atoms with van der Waals surface area (Å²) in [5, 5.41) is 5.20. The molecule has 110 valence electrons. The first-order valence-corrected chi connectivity index (χ1v) is 6.96. The Morgan fingerprint density at radius 3 is 2.73 bits per heavy atom. The van der Waals surface area contributed by atoms with Gasteiger partial charge in [-0.15, -0.1) is 0 Å². The van der Waals surface area contributed by atoms with Crippen molar-refractivity contribution in [3.63, 3.8) is 0 Å². The molecule has 3 aromatic rings. The molecule has 0 saturated carbocycles. The summed E-state index contributed by atoms with van der Waals surface area (Å²) in [6.45, 7) is 2.03. The van der Waals surface area contributed by atoms with Gasteiger partial charge in [-0.1, -0.05) is 18.2 Å². The molecule has 0 unspecified atom stereocenters. The number of carbonyl (C=O) groups excluding carboxylic acids is 1. The van der Waals surface area contributed by atoms with E-state index in [1.807, 2.05) is 32.2 Å². The Hall–Kier alpha value is -2.95. The molecule has 0 fully saturated rings. The van der Waals surface area contributed by atoms with E-state index in [2.05, 4.69) is 26.1 Å². The quantitative estimate of drug-likeness (QED) is 0.596. The number of hydrazone groups is 1. The topological polar surface area (TPSA) is 59.3 Å². The van der Waals surface area contributed by atoms with E-state index in [0.717, 1.165) is 22.2 Å². The van der Waals surface area contributed by atoms with E-state index in [0.29, 0.717) is 5.56 Å². The van der Waals surface area contributed by atoms with Crippen molar-refractivity contribution < 1.29 is 4.79 Å². The van der Waals surface area contributed by atoms with Gasteiger partial charge in [0.2, 0.25) is 0 Å². The lowest BCUT2D eigenvalue weighted by Gasteiger charge is -1.99. The molecule has 1 aromatic carbocycles. The first-order valence-electron chi connectivity index (χ1n) is 6.96. The van der Waals surface area contributed by atoms with Crippen molar-refractivity contribution in [2.24, 2.45) is 12.1 Å². The van der Waals surface area contributed by atoms with Gasteiger partial charge in [0.1, 0.15) is 0 Å². The van der Waals surface area contributed by atoms with Crippen LogP contribution in [0.5, 0.6) is 0 Å². The van der Waals surface area contributed by atoms with Gasteiger partial charge in [-0.3, -0.25) is 9.78 Å². The normalized spacial score (nSPS) is 11.2. The van der Waals surface area contributed by atoms with Crippen LogP contribution < -0.4 is 5.43 Å². The van der Waals surface area contributed by atoms with Gasteiger partial charge >= 0.3 is 0 Å². The Kier molecular flexibility index (Phi) is 3.70. The highest BCUT2D eigenvalue weighted by atomic mass is 16.2. The average Bonchev–Trinajstić information content (AvgIpc) is 2.81. The molecule has 1 N–H and O–H groups in total. The molecule has 0 bridgehead atoms. The van der Waals surface area contributed by atoms with E-state index in [-0.39, 0.29) is 5.91 Å². The van der Waals surface area contributed by atoms with Crippen LogP contribution >= 0.6 is 0 Å². The predicted molar refractivity (Wildman–Crippen MR) is 87.0 cm³/mol. The summed E-state index contributed by atoms with van der Waals surface area (Å²) in [7, 11) is 2.02. The Bertz CT molecular complexity index is 850. The van der Waals surface area contributed by atoms with Gasteiger partial charge in [-0.2, -0.15) is 5.10 Å². The summed E-state index contributed by atoms with van der Waals surface area (Å²) in [4.78, 5) is 15.8. The molecule has 0 spiro atoms. The summed E-state index contributed by atoms with van der Waals surface area (Å²) >= 11 is 0. The second-order valence-corrected chi connectivity index (χ2v) is 5.01. The van der Waals surface area contributed by atoms with E-state index >= 15 is 0 Å². The largest absolute Gasteiger partial charge is 0.347 e. The molecule has 22 heavy (non-hydrogen) atoms. The first-order chi connectivity index (χ1) is 10.7. The van der Waals surface area contributed by atoms with Crippen molar-refractivity contribution in [2.45, 2.75) is 6.92 Å². The molecule has 2 aromatic heterocycles. The number of hydrogen-bond donors (Lipinski definition) is 1. The van der Waals surface area contributed by atoms with Crippen LogP contribution in [-0.4, -0.2) is 21.7 Å². The number of hydrogen-bond acceptors (Lipinski definition) is 3. The number of benzene rings is 1. The molecule has 1 amide bonds. The second kappa shape index (κ2) is 5.81. The van der Waals surface area contributed by atoms with E-state index in [4.69, 9.17) is 0 Å². The van der Waals surface area contributed by atoms with Crippen LogP contribution in [0, 0.1) is 6.92 Å². The number of rotatable bonds is 3. The van der Waals surface area contributed by atoms with Crippen LogP contribution in [0.2, 0.25) is 0 Å². The summed E-state index contributed by atoms with van der Waals surface area (Å²) in [6.07, 6.45) is 4.84. The molecule has 5 heteroatoms. The first kappa shape index (κ1) is 14.0. The zero-order valence-corrected chi connectivity index (χ0v) is 12.4. The Morgan fingerprint density at radius 2 is 1.95 bits per heavy atom. The molecule has 0 aliphatic carbocycles. The summed E-state index contributed by atoms with van der Waals surface area (Å²) in [6, 6.07) is 11.4. The van der Waals surface area contributed by atoms with E-state index in [1.54, 1.807) is 30.7 Å². The maximum Gasteiger partial charge on any atom is 0.271 e. The number of para-hydroxylation sites is 1. The molecule has 0 radical (unpaired) electrons. The Balaban J connectivity index is 1.85. The fourth-order valence-corrected chi connectivity index (χ4v) is 2.44. The summed E-state index contributed by atoms with van der Waals surface area (Å²) in [5.74, 6) is -0.253. The molecule has 5 nitrogen and oxygen atoms in total. The lowest BCUT2D eigenvalue weighted by molar-refractivity contribution is 0.0955. The molecular formula is C17H16N4O. The Labute approximate surface area is 128 Å². The average molecular weight is 292 g/mol. The molecule has 0 aliphatic rings. The summed E-state index contributed by atoms with van der Waals surface area (Å²) in [5.41, 5.74) is 6.32.